The molecule has 0 saturated heterocycles. The van der Waals surface area contributed by atoms with Gasteiger partial charge < -0.3 is 4.42 Å². The van der Waals surface area contributed by atoms with E-state index >= 15 is 0 Å². The molecule has 3 heteroatoms. The Kier molecular flexibility index (Phi) is 6.93. The van der Waals surface area contributed by atoms with Gasteiger partial charge in [0.05, 0.1) is 11.1 Å². The number of furan rings is 1. The Labute approximate surface area is 328 Å². The van der Waals surface area contributed by atoms with E-state index in [0.29, 0.717) is 11.5 Å². The predicted octanol–water partition coefficient (Wildman–Crippen LogP) is 14.8. The lowest BCUT2D eigenvalue weighted by Crippen LogP contribution is -1.94. The molecule has 3 nitrogen and oxygen atoms in total. The molecule has 0 N–H and O–H groups in total. The highest BCUT2D eigenvalue weighted by molar-refractivity contribution is 6.31. The van der Waals surface area contributed by atoms with Crippen LogP contribution in [0.5, 0.6) is 0 Å². The molecule has 10 aromatic carbocycles. The maximum absolute atomic E-state index is 6.81. The quantitative estimate of drug-likeness (QED) is 0.170. The highest BCUT2D eigenvalue weighted by Gasteiger charge is 2.22. The van der Waals surface area contributed by atoms with Gasteiger partial charge in [-0.2, -0.15) is 4.98 Å². The molecule has 0 bridgehead atoms. The van der Waals surface area contributed by atoms with Gasteiger partial charge >= 0.3 is 0 Å². The van der Waals surface area contributed by atoms with E-state index in [0.717, 1.165) is 60.5 Å². The van der Waals surface area contributed by atoms with Crippen LogP contribution in [0, 0.1) is 0 Å². The third-order valence-corrected chi connectivity index (χ3v) is 11.7. The van der Waals surface area contributed by atoms with Crippen molar-refractivity contribution in [3.8, 4) is 44.9 Å². The van der Waals surface area contributed by atoms with Gasteiger partial charge in [0.2, 0.25) is 5.71 Å². The lowest BCUT2D eigenvalue weighted by Gasteiger charge is -2.13. The second kappa shape index (κ2) is 12.5. The van der Waals surface area contributed by atoms with Crippen molar-refractivity contribution in [1.29, 1.82) is 0 Å². The molecule has 0 amide bonds. The Bertz CT molecular complexity index is 3550. The molecule has 2 aromatic heterocycles. The number of hydrogen-bond donors (Lipinski definition) is 0. The monoisotopic (exact) mass is 724 g/mol. The van der Waals surface area contributed by atoms with Gasteiger partial charge in [-0.05, 0) is 88.9 Å². The Morgan fingerprint density at radius 3 is 1.35 bits per heavy atom. The Morgan fingerprint density at radius 1 is 0.281 bits per heavy atom. The van der Waals surface area contributed by atoms with E-state index in [1.54, 1.807) is 0 Å². The molecule has 2 heterocycles. The van der Waals surface area contributed by atoms with Gasteiger partial charge in [0.1, 0.15) is 5.58 Å². The number of rotatable bonds is 4. The van der Waals surface area contributed by atoms with Gasteiger partial charge in [0.25, 0.3) is 0 Å². The minimum Gasteiger partial charge on any atom is -0.437 e. The second-order valence-corrected chi connectivity index (χ2v) is 14.9. The topological polar surface area (TPSA) is 38.9 Å². The predicted molar refractivity (Wildman–Crippen MR) is 239 cm³/mol. The molecule has 57 heavy (non-hydrogen) atoms. The van der Waals surface area contributed by atoms with Crippen LogP contribution in [-0.2, 0) is 0 Å². The molecule has 0 radical (unpaired) electrons. The lowest BCUT2D eigenvalue weighted by molar-refractivity contribution is 0.657. The summed E-state index contributed by atoms with van der Waals surface area (Å²) < 4.78 is 6.81. The van der Waals surface area contributed by atoms with Crippen molar-refractivity contribution >= 4 is 75.9 Å². The molecule has 0 spiro atoms. The zero-order chi connectivity index (χ0) is 37.5. The van der Waals surface area contributed by atoms with Crippen molar-refractivity contribution in [3.05, 3.63) is 194 Å². The maximum Gasteiger partial charge on any atom is 0.231 e. The van der Waals surface area contributed by atoms with Crippen molar-refractivity contribution in [2.75, 3.05) is 0 Å². The fourth-order valence-corrected chi connectivity index (χ4v) is 9.04. The Morgan fingerprint density at radius 2 is 0.719 bits per heavy atom. The van der Waals surface area contributed by atoms with E-state index in [2.05, 4.69) is 188 Å². The van der Waals surface area contributed by atoms with Crippen LogP contribution >= 0.6 is 0 Å². The van der Waals surface area contributed by atoms with Crippen molar-refractivity contribution in [3.63, 3.8) is 0 Å². The molecule has 0 aliphatic rings. The molecular weight excluding hydrogens is 693 g/mol. The van der Waals surface area contributed by atoms with Gasteiger partial charge in [0, 0.05) is 21.9 Å². The maximum atomic E-state index is 6.81. The van der Waals surface area contributed by atoms with Crippen molar-refractivity contribution in [2.45, 2.75) is 0 Å². The molecule has 264 valence electrons. The number of hydrogen-bond acceptors (Lipinski definition) is 3. The summed E-state index contributed by atoms with van der Waals surface area (Å²) in [6.07, 6.45) is 0. The van der Waals surface area contributed by atoms with Gasteiger partial charge in [-0.3, -0.25) is 0 Å². The smallest absolute Gasteiger partial charge is 0.231 e. The van der Waals surface area contributed by atoms with E-state index in [-0.39, 0.29) is 0 Å². The molecule has 12 rings (SSSR count). The Hall–Kier alpha value is -7.62. The third kappa shape index (κ3) is 4.92. The number of fused-ring (bicyclic) bond motifs is 14. The van der Waals surface area contributed by atoms with Crippen LogP contribution in [0.2, 0.25) is 0 Å². The van der Waals surface area contributed by atoms with Gasteiger partial charge in [-0.1, -0.05) is 176 Å². The van der Waals surface area contributed by atoms with E-state index in [1.807, 2.05) is 6.07 Å². The summed E-state index contributed by atoms with van der Waals surface area (Å²) in [5, 5.41) is 14.2. The minimum absolute atomic E-state index is 0.583. The first-order valence-corrected chi connectivity index (χ1v) is 19.4. The van der Waals surface area contributed by atoms with Crippen molar-refractivity contribution in [2.24, 2.45) is 0 Å². The highest BCUT2D eigenvalue weighted by atomic mass is 16.3. The third-order valence-electron chi connectivity index (χ3n) is 11.7. The van der Waals surface area contributed by atoms with Gasteiger partial charge in [-0.25, -0.2) is 4.98 Å². The average Bonchev–Trinajstić information content (AvgIpc) is 3.69. The lowest BCUT2D eigenvalue weighted by atomic mass is 9.91. The fraction of sp³-hybridized carbons (Fsp3) is 0. The second-order valence-electron chi connectivity index (χ2n) is 14.9. The average molecular weight is 725 g/mol. The first kappa shape index (κ1) is 31.7. The van der Waals surface area contributed by atoms with Gasteiger partial charge in [0.15, 0.2) is 5.82 Å². The molecule has 0 fully saturated rings. The van der Waals surface area contributed by atoms with E-state index in [1.165, 1.54) is 48.8 Å². The molecular formula is C54H32N2O. The number of aromatic nitrogens is 2. The molecule has 0 atom stereocenters. The van der Waals surface area contributed by atoms with E-state index in [4.69, 9.17) is 14.4 Å². The molecule has 0 saturated carbocycles. The summed E-state index contributed by atoms with van der Waals surface area (Å²) >= 11 is 0. The van der Waals surface area contributed by atoms with Crippen molar-refractivity contribution in [1.82, 2.24) is 9.97 Å². The standard InChI is InChI=1S/C54H32N2O/c1-2-14-33(15-3-1)51-50-49-46-26-10-8-23-42(46)43-24-9-11-27-47(43)52(49)57-54(50)56-53(55-51)38-19-13-18-36(31-38)34-16-12-17-35(30-34)37-28-29-45-41-22-5-4-20-39(41)40-21-6-7-25-44(40)48(45)32-37/h1-32H. The summed E-state index contributed by atoms with van der Waals surface area (Å²) in [6.45, 7) is 0. The van der Waals surface area contributed by atoms with E-state index in [9.17, 15) is 0 Å². The first-order chi connectivity index (χ1) is 28.3. The van der Waals surface area contributed by atoms with Gasteiger partial charge in [-0.15, -0.1) is 0 Å². The van der Waals surface area contributed by atoms with Crippen LogP contribution in [0.25, 0.3) is 121 Å². The van der Waals surface area contributed by atoms with Crippen LogP contribution in [0.15, 0.2) is 199 Å². The summed E-state index contributed by atoms with van der Waals surface area (Å²) in [6, 6.07) is 69.2. The number of benzene rings is 10. The summed E-state index contributed by atoms with van der Waals surface area (Å²) in [5.41, 5.74) is 8.81. The number of nitrogens with zero attached hydrogens (tertiary/aromatic N) is 2. The van der Waals surface area contributed by atoms with Crippen LogP contribution in [0.3, 0.4) is 0 Å². The highest BCUT2D eigenvalue weighted by Crippen LogP contribution is 2.44. The van der Waals surface area contributed by atoms with Crippen LogP contribution in [0.1, 0.15) is 0 Å². The molecule has 0 aliphatic carbocycles. The molecule has 0 unspecified atom stereocenters. The zero-order valence-electron chi connectivity index (χ0n) is 30.8. The summed E-state index contributed by atoms with van der Waals surface area (Å²) in [7, 11) is 0. The largest absolute Gasteiger partial charge is 0.437 e. The zero-order valence-corrected chi connectivity index (χ0v) is 30.8. The molecule has 0 aliphatic heterocycles. The summed E-state index contributed by atoms with van der Waals surface area (Å²) in [5.74, 6) is 0.626. The van der Waals surface area contributed by atoms with Crippen molar-refractivity contribution < 1.29 is 4.42 Å². The fourth-order valence-electron chi connectivity index (χ4n) is 9.04. The van der Waals surface area contributed by atoms with Crippen LogP contribution < -0.4 is 0 Å². The SMILES string of the molecule is c1ccc(-c2nc(-c3cccc(-c4cccc(-c5ccc6c7ccccc7c7ccccc7c6c5)c4)c3)nc3oc4c5ccccc5c5ccccc5c4c23)cc1. The minimum atomic E-state index is 0.583. The normalized spacial score (nSPS) is 11.9. The van der Waals surface area contributed by atoms with E-state index < -0.39 is 0 Å². The molecule has 12 aromatic rings. The summed E-state index contributed by atoms with van der Waals surface area (Å²) in [4.78, 5) is 10.5. The van der Waals surface area contributed by atoms with Crippen LogP contribution in [0.4, 0.5) is 0 Å². The first-order valence-electron chi connectivity index (χ1n) is 19.4. The van der Waals surface area contributed by atoms with Crippen LogP contribution in [-0.4, -0.2) is 9.97 Å². The Balaban J connectivity index is 1.02.